The monoisotopic (exact) mass is 473 g/mol. The summed E-state index contributed by atoms with van der Waals surface area (Å²) in [6, 6.07) is 14.9. The van der Waals surface area contributed by atoms with Crippen LogP contribution in [0.2, 0.25) is 0 Å². The second-order valence-corrected chi connectivity index (χ2v) is 11.1. The highest BCUT2D eigenvalue weighted by Crippen LogP contribution is 2.43. The van der Waals surface area contributed by atoms with E-state index >= 15 is 0 Å². The van der Waals surface area contributed by atoms with Crippen molar-refractivity contribution < 1.29 is 9.90 Å². The highest BCUT2D eigenvalue weighted by atomic mass is 32.1. The Morgan fingerprint density at radius 2 is 2.00 bits per heavy atom. The normalized spacial score (nSPS) is 18.8. The van der Waals surface area contributed by atoms with Crippen LogP contribution in [-0.2, 0) is 13.2 Å². The van der Waals surface area contributed by atoms with Crippen molar-refractivity contribution in [1.29, 1.82) is 0 Å². The number of hydrogen-bond donors (Lipinski definition) is 2. The number of nitrogens with zero attached hydrogens (tertiary/aromatic N) is 2. The van der Waals surface area contributed by atoms with Gasteiger partial charge < -0.3 is 20.3 Å². The van der Waals surface area contributed by atoms with Crippen LogP contribution in [0, 0.1) is 12.8 Å². The van der Waals surface area contributed by atoms with E-state index in [-0.39, 0.29) is 18.6 Å². The average Bonchev–Trinajstić information content (AvgIpc) is 3.52. The Bertz CT molecular complexity index is 1400. The van der Waals surface area contributed by atoms with Gasteiger partial charge in [0.25, 0.3) is 5.91 Å². The molecular weight excluding hydrogens is 442 g/mol. The third-order valence-electron chi connectivity index (χ3n) is 7.45. The SMILES string of the molecule is Cc1c(-c2cc3ccccc3n2CC2CC2)sc2cc(C(=O)N3CCCC(N)C3)cc(CO)c12. The van der Waals surface area contributed by atoms with Crippen molar-refractivity contribution >= 4 is 38.2 Å². The van der Waals surface area contributed by atoms with Crippen molar-refractivity contribution in [3.63, 3.8) is 0 Å². The lowest BCUT2D eigenvalue weighted by atomic mass is 10.0. The van der Waals surface area contributed by atoms with Crippen molar-refractivity contribution in [3.05, 3.63) is 59.2 Å². The molecule has 1 aliphatic heterocycles. The van der Waals surface area contributed by atoms with Crippen LogP contribution < -0.4 is 5.73 Å². The van der Waals surface area contributed by atoms with Gasteiger partial charge in [-0.25, -0.2) is 0 Å². The number of aliphatic hydroxyl groups excluding tert-OH is 1. The zero-order valence-corrected chi connectivity index (χ0v) is 20.4. The standard InChI is InChI=1S/C28H31N3O2S/c1-17-26-21(16-32)11-20(28(33)30-10-4-6-22(29)15-30)13-25(26)34-27(17)24-12-19-5-2-3-7-23(19)31(24)14-18-8-9-18/h2-3,5,7,11-13,18,22,32H,4,6,8-10,14-16,29H2,1H3. The van der Waals surface area contributed by atoms with Gasteiger partial charge >= 0.3 is 0 Å². The van der Waals surface area contributed by atoms with Crippen molar-refractivity contribution in [2.24, 2.45) is 11.7 Å². The molecule has 1 amide bonds. The zero-order chi connectivity index (χ0) is 23.4. The minimum Gasteiger partial charge on any atom is -0.392 e. The lowest BCUT2D eigenvalue weighted by Crippen LogP contribution is -2.45. The molecule has 1 saturated carbocycles. The predicted molar refractivity (Wildman–Crippen MR) is 139 cm³/mol. The summed E-state index contributed by atoms with van der Waals surface area (Å²) in [6.45, 7) is 4.45. The molecule has 0 radical (unpaired) electrons. The van der Waals surface area contributed by atoms with Crippen LogP contribution in [-0.4, -0.2) is 39.6 Å². The number of carbonyl (C=O) groups excluding carboxylic acids is 1. The molecule has 0 spiro atoms. The zero-order valence-electron chi connectivity index (χ0n) is 19.6. The van der Waals surface area contributed by atoms with Gasteiger partial charge in [0.1, 0.15) is 0 Å². The lowest BCUT2D eigenvalue weighted by Gasteiger charge is -2.31. The fourth-order valence-electron chi connectivity index (χ4n) is 5.50. The van der Waals surface area contributed by atoms with Gasteiger partial charge in [-0.2, -0.15) is 0 Å². The van der Waals surface area contributed by atoms with Gasteiger partial charge in [0.15, 0.2) is 0 Å². The molecule has 1 aliphatic carbocycles. The molecule has 34 heavy (non-hydrogen) atoms. The Morgan fingerprint density at radius 3 is 2.76 bits per heavy atom. The Labute approximate surface area is 203 Å². The molecule has 176 valence electrons. The number of hydrogen-bond acceptors (Lipinski definition) is 4. The highest BCUT2D eigenvalue weighted by Gasteiger charge is 2.27. The molecule has 2 fully saturated rings. The molecule has 6 heteroatoms. The van der Waals surface area contributed by atoms with Crippen LogP contribution in [0.4, 0.5) is 0 Å². The number of carbonyl (C=O) groups is 1. The first-order valence-corrected chi connectivity index (χ1v) is 13.2. The number of fused-ring (bicyclic) bond motifs is 2. The molecule has 5 nitrogen and oxygen atoms in total. The summed E-state index contributed by atoms with van der Waals surface area (Å²) < 4.78 is 3.54. The summed E-state index contributed by atoms with van der Waals surface area (Å²) in [7, 11) is 0. The Hall–Kier alpha value is -2.67. The summed E-state index contributed by atoms with van der Waals surface area (Å²) in [5.41, 5.74) is 11.3. The summed E-state index contributed by atoms with van der Waals surface area (Å²) in [4.78, 5) is 16.4. The lowest BCUT2D eigenvalue weighted by molar-refractivity contribution is 0.0709. The molecule has 2 aromatic heterocycles. The summed E-state index contributed by atoms with van der Waals surface area (Å²) in [6.07, 6.45) is 4.51. The van der Waals surface area contributed by atoms with Crippen molar-refractivity contribution in [3.8, 4) is 10.6 Å². The first kappa shape index (κ1) is 21.8. The molecule has 1 unspecified atom stereocenters. The van der Waals surface area contributed by atoms with Gasteiger partial charge in [0.2, 0.25) is 0 Å². The first-order valence-electron chi connectivity index (χ1n) is 12.3. The van der Waals surface area contributed by atoms with E-state index in [9.17, 15) is 9.90 Å². The summed E-state index contributed by atoms with van der Waals surface area (Å²) in [5, 5.41) is 12.6. The van der Waals surface area contributed by atoms with E-state index < -0.39 is 0 Å². The Morgan fingerprint density at radius 1 is 1.18 bits per heavy atom. The molecule has 1 saturated heterocycles. The molecule has 2 aliphatic rings. The van der Waals surface area contributed by atoms with Gasteiger partial charge in [0, 0.05) is 52.2 Å². The number of piperidine rings is 1. The van der Waals surface area contributed by atoms with E-state index in [1.54, 1.807) is 11.3 Å². The number of benzene rings is 2. The molecule has 2 aromatic carbocycles. The van der Waals surface area contributed by atoms with Crippen molar-refractivity contribution in [2.75, 3.05) is 13.1 Å². The summed E-state index contributed by atoms with van der Waals surface area (Å²) in [5.74, 6) is 0.777. The van der Waals surface area contributed by atoms with Gasteiger partial charge in [0.05, 0.1) is 17.2 Å². The highest BCUT2D eigenvalue weighted by molar-refractivity contribution is 7.22. The van der Waals surface area contributed by atoms with Crippen LogP contribution in [0.5, 0.6) is 0 Å². The molecule has 1 atom stereocenters. The number of amides is 1. The summed E-state index contributed by atoms with van der Waals surface area (Å²) >= 11 is 1.73. The second-order valence-electron chi connectivity index (χ2n) is 10.0. The van der Waals surface area contributed by atoms with Crippen LogP contribution in [0.3, 0.4) is 0 Å². The third-order valence-corrected chi connectivity index (χ3v) is 8.72. The van der Waals surface area contributed by atoms with Gasteiger partial charge in [-0.05, 0) is 73.9 Å². The number of nitrogens with two attached hydrogens (primary N) is 1. The van der Waals surface area contributed by atoms with Crippen LogP contribution in [0.25, 0.3) is 31.6 Å². The fraction of sp³-hybridized carbons (Fsp3) is 0.393. The number of rotatable bonds is 5. The predicted octanol–water partition coefficient (Wildman–Crippen LogP) is 5.30. The van der Waals surface area contributed by atoms with Crippen molar-refractivity contribution in [2.45, 2.75) is 51.8 Å². The quantitative estimate of drug-likeness (QED) is 0.413. The van der Waals surface area contributed by atoms with E-state index in [4.69, 9.17) is 5.73 Å². The van der Waals surface area contributed by atoms with Crippen LogP contribution >= 0.6 is 11.3 Å². The topological polar surface area (TPSA) is 71.5 Å². The number of aliphatic hydroxyl groups is 1. The number of thiophene rings is 1. The maximum Gasteiger partial charge on any atom is 0.253 e. The smallest absolute Gasteiger partial charge is 0.253 e. The Balaban J connectivity index is 1.47. The molecule has 3 N–H and O–H groups in total. The molecule has 0 bridgehead atoms. The fourth-order valence-corrected chi connectivity index (χ4v) is 6.82. The minimum absolute atomic E-state index is 0.0159. The van der Waals surface area contributed by atoms with Crippen LogP contribution in [0.1, 0.15) is 47.2 Å². The molecule has 3 heterocycles. The number of aryl methyl sites for hydroxylation is 1. The maximum atomic E-state index is 13.3. The molecular formula is C28H31N3O2S. The average molecular weight is 474 g/mol. The second kappa shape index (κ2) is 8.52. The van der Waals surface area contributed by atoms with Crippen molar-refractivity contribution in [1.82, 2.24) is 9.47 Å². The Kier molecular flexibility index (Phi) is 5.47. The third kappa shape index (κ3) is 3.74. The molecule has 4 aromatic rings. The minimum atomic E-state index is -0.0841. The van der Waals surface area contributed by atoms with Gasteiger partial charge in [-0.15, -0.1) is 11.3 Å². The number of para-hydroxylation sites is 1. The van der Waals surface area contributed by atoms with Crippen LogP contribution in [0.15, 0.2) is 42.5 Å². The van der Waals surface area contributed by atoms with Gasteiger partial charge in [-0.3, -0.25) is 4.79 Å². The van der Waals surface area contributed by atoms with E-state index in [1.165, 1.54) is 39.9 Å². The van der Waals surface area contributed by atoms with E-state index in [1.807, 2.05) is 17.0 Å². The van der Waals surface area contributed by atoms with Gasteiger partial charge in [-0.1, -0.05) is 18.2 Å². The first-order chi connectivity index (χ1) is 16.5. The number of likely N-dealkylation sites (tertiary alicyclic amines) is 1. The number of aromatic nitrogens is 1. The molecule has 6 rings (SSSR count). The van der Waals surface area contributed by atoms with E-state index in [0.717, 1.165) is 47.5 Å². The largest absolute Gasteiger partial charge is 0.392 e. The van der Waals surface area contributed by atoms with E-state index in [0.29, 0.717) is 12.1 Å². The maximum absolute atomic E-state index is 13.3. The van der Waals surface area contributed by atoms with E-state index in [2.05, 4.69) is 41.8 Å².